The molecule has 0 atom stereocenters. The smallest absolute Gasteiger partial charge is 0.125 e. The Kier molecular flexibility index (Phi) is 4.42. The van der Waals surface area contributed by atoms with Crippen molar-refractivity contribution in [3.8, 4) is 5.75 Å². The SMILES string of the molecule is COCCOc1c(C)cc(Br)cc1C. The topological polar surface area (TPSA) is 18.5 Å². The third-order valence-corrected chi connectivity index (χ3v) is 2.42. The highest BCUT2D eigenvalue weighted by molar-refractivity contribution is 9.10. The predicted octanol–water partition coefficient (Wildman–Crippen LogP) is 3.09. The Labute approximate surface area is 93.4 Å². The van der Waals surface area contributed by atoms with Crippen molar-refractivity contribution in [2.45, 2.75) is 13.8 Å². The first-order chi connectivity index (χ1) is 6.65. The van der Waals surface area contributed by atoms with E-state index in [2.05, 4.69) is 28.1 Å². The highest BCUT2D eigenvalue weighted by Gasteiger charge is 2.04. The van der Waals surface area contributed by atoms with Crippen LogP contribution in [0.15, 0.2) is 16.6 Å². The molecule has 0 bridgehead atoms. The molecule has 0 amide bonds. The largest absolute Gasteiger partial charge is 0.491 e. The van der Waals surface area contributed by atoms with Gasteiger partial charge in [-0.1, -0.05) is 15.9 Å². The summed E-state index contributed by atoms with van der Waals surface area (Å²) in [7, 11) is 1.67. The lowest BCUT2D eigenvalue weighted by Crippen LogP contribution is -2.06. The van der Waals surface area contributed by atoms with Crippen molar-refractivity contribution in [2.75, 3.05) is 20.3 Å². The van der Waals surface area contributed by atoms with Gasteiger partial charge < -0.3 is 9.47 Å². The first kappa shape index (κ1) is 11.5. The van der Waals surface area contributed by atoms with Crippen LogP contribution >= 0.6 is 15.9 Å². The minimum Gasteiger partial charge on any atom is -0.491 e. The molecular formula is C11H15BrO2. The van der Waals surface area contributed by atoms with Gasteiger partial charge in [0.2, 0.25) is 0 Å². The van der Waals surface area contributed by atoms with Crippen LogP contribution < -0.4 is 4.74 Å². The molecule has 0 spiro atoms. The van der Waals surface area contributed by atoms with E-state index in [-0.39, 0.29) is 0 Å². The maximum absolute atomic E-state index is 5.62. The molecule has 0 saturated heterocycles. The van der Waals surface area contributed by atoms with Crippen molar-refractivity contribution < 1.29 is 9.47 Å². The van der Waals surface area contributed by atoms with Gasteiger partial charge in [0, 0.05) is 11.6 Å². The summed E-state index contributed by atoms with van der Waals surface area (Å²) in [5, 5.41) is 0. The first-order valence-corrected chi connectivity index (χ1v) is 5.33. The summed E-state index contributed by atoms with van der Waals surface area (Å²) in [6, 6.07) is 4.10. The summed E-state index contributed by atoms with van der Waals surface area (Å²) >= 11 is 3.45. The second-order valence-corrected chi connectivity index (χ2v) is 4.13. The molecule has 0 aliphatic rings. The number of hydrogen-bond donors (Lipinski definition) is 0. The molecule has 78 valence electrons. The number of halogens is 1. The van der Waals surface area contributed by atoms with Gasteiger partial charge >= 0.3 is 0 Å². The van der Waals surface area contributed by atoms with E-state index in [1.165, 1.54) is 0 Å². The Bertz CT molecular complexity index is 287. The summed E-state index contributed by atoms with van der Waals surface area (Å²) in [6.07, 6.45) is 0. The molecule has 1 aromatic carbocycles. The standard InChI is InChI=1S/C11H15BrO2/c1-8-6-10(12)7-9(2)11(8)14-5-4-13-3/h6-7H,4-5H2,1-3H3. The quantitative estimate of drug-likeness (QED) is 0.773. The molecule has 0 fully saturated rings. The number of rotatable bonds is 4. The summed E-state index contributed by atoms with van der Waals surface area (Å²) < 4.78 is 11.6. The number of benzene rings is 1. The van der Waals surface area contributed by atoms with Gasteiger partial charge in [0.05, 0.1) is 6.61 Å². The molecule has 0 saturated carbocycles. The van der Waals surface area contributed by atoms with Crippen LogP contribution in [-0.4, -0.2) is 20.3 Å². The lowest BCUT2D eigenvalue weighted by Gasteiger charge is -2.12. The Hall–Kier alpha value is -0.540. The molecule has 1 rings (SSSR count). The minimum absolute atomic E-state index is 0.597. The van der Waals surface area contributed by atoms with Crippen LogP contribution in [0.3, 0.4) is 0 Å². The zero-order chi connectivity index (χ0) is 10.6. The highest BCUT2D eigenvalue weighted by atomic mass is 79.9. The second-order valence-electron chi connectivity index (χ2n) is 3.21. The lowest BCUT2D eigenvalue weighted by atomic mass is 10.1. The van der Waals surface area contributed by atoms with E-state index in [0.29, 0.717) is 13.2 Å². The monoisotopic (exact) mass is 258 g/mol. The molecule has 1 aromatic rings. The Morgan fingerprint density at radius 3 is 2.21 bits per heavy atom. The zero-order valence-corrected chi connectivity index (χ0v) is 10.3. The van der Waals surface area contributed by atoms with Crippen LogP contribution in [0, 0.1) is 13.8 Å². The van der Waals surface area contributed by atoms with Crippen molar-refractivity contribution in [2.24, 2.45) is 0 Å². The predicted molar refractivity (Wildman–Crippen MR) is 61.0 cm³/mol. The molecule has 0 unspecified atom stereocenters. The van der Waals surface area contributed by atoms with Gasteiger partial charge in [-0.15, -0.1) is 0 Å². The average Bonchev–Trinajstić information content (AvgIpc) is 2.09. The van der Waals surface area contributed by atoms with Crippen molar-refractivity contribution in [3.63, 3.8) is 0 Å². The van der Waals surface area contributed by atoms with Crippen molar-refractivity contribution >= 4 is 15.9 Å². The molecule has 14 heavy (non-hydrogen) atoms. The number of aryl methyl sites for hydroxylation is 2. The normalized spacial score (nSPS) is 10.3. The Morgan fingerprint density at radius 1 is 1.14 bits per heavy atom. The number of methoxy groups -OCH3 is 1. The summed E-state index contributed by atoms with van der Waals surface area (Å²) in [6.45, 7) is 5.30. The number of hydrogen-bond acceptors (Lipinski definition) is 2. The van der Waals surface area contributed by atoms with Crippen molar-refractivity contribution in [1.82, 2.24) is 0 Å². The van der Waals surface area contributed by atoms with E-state index in [1.807, 2.05) is 13.8 Å². The molecule has 0 aliphatic carbocycles. The van der Waals surface area contributed by atoms with Gasteiger partial charge in [0.15, 0.2) is 0 Å². The lowest BCUT2D eigenvalue weighted by molar-refractivity contribution is 0.145. The molecule has 2 nitrogen and oxygen atoms in total. The van der Waals surface area contributed by atoms with Crippen LogP contribution in [0.5, 0.6) is 5.75 Å². The molecule has 0 N–H and O–H groups in total. The van der Waals surface area contributed by atoms with Gasteiger partial charge in [-0.05, 0) is 37.1 Å². The van der Waals surface area contributed by atoms with Crippen molar-refractivity contribution in [1.29, 1.82) is 0 Å². The van der Waals surface area contributed by atoms with E-state index in [9.17, 15) is 0 Å². The summed E-state index contributed by atoms with van der Waals surface area (Å²) in [4.78, 5) is 0. The maximum Gasteiger partial charge on any atom is 0.125 e. The number of ether oxygens (including phenoxy) is 2. The fourth-order valence-corrected chi connectivity index (χ4v) is 2.04. The Morgan fingerprint density at radius 2 is 1.71 bits per heavy atom. The van der Waals surface area contributed by atoms with E-state index in [0.717, 1.165) is 21.3 Å². The van der Waals surface area contributed by atoms with Crippen LogP contribution in [0.1, 0.15) is 11.1 Å². The molecule has 3 heteroatoms. The van der Waals surface area contributed by atoms with E-state index in [1.54, 1.807) is 7.11 Å². The van der Waals surface area contributed by atoms with Gasteiger partial charge in [0.25, 0.3) is 0 Å². The third-order valence-electron chi connectivity index (χ3n) is 1.96. The van der Waals surface area contributed by atoms with E-state index < -0.39 is 0 Å². The Balaban J connectivity index is 2.75. The van der Waals surface area contributed by atoms with Gasteiger partial charge in [-0.3, -0.25) is 0 Å². The van der Waals surface area contributed by atoms with Gasteiger partial charge in [0.1, 0.15) is 12.4 Å². The maximum atomic E-state index is 5.62. The fraction of sp³-hybridized carbons (Fsp3) is 0.455. The molecular weight excluding hydrogens is 244 g/mol. The molecule has 0 aromatic heterocycles. The highest BCUT2D eigenvalue weighted by Crippen LogP contribution is 2.27. The van der Waals surface area contributed by atoms with Crippen LogP contribution in [0.25, 0.3) is 0 Å². The summed E-state index contributed by atoms with van der Waals surface area (Å²) in [5.74, 6) is 0.963. The second kappa shape index (κ2) is 5.37. The summed E-state index contributed by atoms with van der Waals surface area (Å²) in [5.41, 5.74) is 2.29. The first-order valence-electron chi connectivity index (χ1n) is 4.53. The van der Waals surface area contributed by atoms with E-state index in [4.69, 9.17) is 9.47 Å². The minimum atomic E-state index is 0.597. The van der Waals surface area contributed by atoms with E-state index >= 15 is 0 Å². The molecule has 0 aliphatic heterocycles. The van der Waals surface area contributed by atoms with Gasteiger partial charge in [-0.25, -0.2) is 0 Å². The zero-order valence-electron chi connectivity index (χ0n) is 8.76. The van der Waals surface area contributed by atoms with Crippen molar-refractivity contribution in [3.05, 3.63) is 27.7 Å². The average molecular weight is 259 g/mol. The fourth-order valence-electron chi connectivity index (χ4n) is 1.35. The molecule has 0 heterocycles. The van der Waals surface area contributed by atoms with Crippen LogP contribution in [0.2, 0.25) is 0 Å². The van der Waals surface area contributed by atoms with Gasteiger partial charge in [-0.2, -0.15) is 0 Å². The molecule has 0 radical (unpaired) electrons. The van der Waals surface area contributed by atoms with Crippen LogP contribution in [-0.2, 0) is 4.74 Å². The third kappa shape index (κ3) is 3.00. The van der Waals surface area contributed by atoms with Crippen LogP contribution in [0.4, 0.5) is 0 Å².